The second-order valence-electron chi connectivity index (χ2n) is 5.77. The summed E-state index contributed by atoms with van der Waals surface area (Å²) >= 11 is 0. The Kier molecular flexibility index (Phi) is 4.80. The molecule has 1 saturated heterocycles. The number of likely N-dealkylation sites (tertiary alicyclic amines) is 1. The number of piperidine rings is 1. The van der Waals surface area contributed by atoms with Crippen LogP contribution in [-0.4, -0.2) is 45.0 Å². The third kappa shape index (κ3) is 4.14. The second-order valence-corrected chi connectivity index (χ2v) is 5.77. The Bertz CT molecular complexity index is 576. The number of rotatable bonds is 5. The molecule has 1 aliphatic heterocycles. The molecule has 0 saturated carbocycles. The molecular formula is C16H21N5O. The molecule has 3 heterocycles. The summed E-state index contributed by atoms with van der Waals surface area (Å²) in [5.41, 5.74) is 0.752. The third-order valence-electron chi connectivity index (χ3n) is 4.05. The Morgan fingerprint density at radius 2 is 2.14 bits per heavy atom. The van der Waals surface area contributed by atoms with Crippen molar-refractivity contribution >= 4 is 11.6 Å². The fourth-order valence-corrected chi connectivity index (χ4v) is 2.86. The summed E-state index contributed by atoms with van der Waals surface area (Å²) in [6.07, 6.45) is 11.3. The summed E-state index contributed by atoms with van der Waals surface area (Å²) in [6, 6.07) is 3.67. The van der Waals surface area contributed by atoms with Crippen LogP contribution in [0.15, 0.2) is 43.2 Å². The van der Waals surface area contributed by atoms with E-state index < -0.39 is 0 Å². The molecule has 0 unspecified atom stereocenters. The van der Waals surface area contributed by atoms with Gasteiger partial charge in [-0.25, -0.2) is 4.98 Å². The molecule has 0 atom stereocenters. The predicted octanol–water partition coefficient (Wildman–Crippen LogP) is 1.63. The van der Waals surface area contributed by atoms with Crippen molar-refractivity contribution in [1.82, 2.24) is 19.4 Å². The average Bonchev–Trinajstić information content (AvgIpc) is 3.03. The van der Waals surface area contributed by atoms with Gasteiger partial charge >= 0.3 is 0 Å². The minimum absolute atomic E-state index is 0.0288. The molecular weight excluding hydrogens is 278 g/mol. The predicted molar refractivity (Wildman–Crippen MR) is 84.3 cm³/mol. The first-order valence-electron chi connectivity index (χ1n) is 7.67. The first kappa shape index (κ1) is 14.7. The molecule has 2 aromatic rings. The van der Waals surface area contributed by atoms with Crippen LogP contribution in [0.2, 0.25) is 0 Å². The van der Waals surface area contributed by atoms with E-state index in [1.807, 2.05) is 30.9 Å². The molecule has 116 valence electrons. The fourth-order valence-electron chi connectivity index (χ4n) is 2.86. The third-order valence-corrected chi connectivity index (χ3v) is 4.05. The van der Waals surface area contributed by atoms with Gasteiger partial charge in [-0.05, 0) is 44.0 Å². The molecule has 22 heavy (non-hydrogen) atoms. The van der Waals surface area contributed by atoms with E-state index in [-0.39, 0.29) is 5.91 Å². The molecule has 0 spiro atoms. The lowest BCUT2D eigenvalue weighted by molar-refractivity contribution is -0.117. The number of hydrogen-bond acceptors (Lipinski definition) is 4. The molecule has 1 N–H and O–H groups in total. The Hall–Kier alpha value is -2.21. The van der Waals surface area contributed by atoms with Gasteiger partial charge in [-0.3, -0.25) is 14.7 Å². The normalized spacial score (nSPS) is 16.5. The lowest BCUT2D eigenvalue weighted by Crippen LogP contribution is -2.39. The van der Waals surface area contributed by atoms with Gasteiger partial charge in [0.1, 0.15) is 0 Å². The molecule has 0 aromatic carbocycles. The number of carbonyl (C=O) groups is 1. The standard InChI is InChI=1S/C16H21N5O/c22-16(19-15-2-1-5-17-10-15)12-20-7-3-14(4-8-20)11-21-9-6-18-13-21/h1-2,5-6,9-10,13-14H,3-4,7-8,11-12H2,(H,19,22). The molecule has 1 amide bonds. The van der Waals surface area contributed by atoms with Crippen LogP contribution in [0.4, 0.5) is 5.69 Å². The number of anilines is 1. The Balaban J connectivity index is 1.41. The number of hydrogen-bond donors (Lipinski definition) is 1. The van der Waals surface area contributed by atoms with Gasteiger partial charge in [-0.2, -0.15) is 0 Å². The molecule has 0 aliphatic carbocycles. The number of carbonyl (C=O) groups excluding carboxylic acids is 1. The van der Waals surface area contributed by atoms with Gasteiger partial charge in [-0.15, -0.1) is 0 Å². The largest absolute Gasteiger partial charge is 0.337 e. The Morgan fingerprint density at radius 3 is 2.82 bits per heavy atom. The zero-order valence-corrected chi connectivity index (χ0v) is 12.6. The summed E-state index contributed by atoms with van der Waals surface area (Å²) < 4.78 is 2.13. The van der Waals surface area contributed by atoms with Gasteiger partial charge in [0.2, 0.25) is 5.91 Å². The van der Waals surface area contributed by atoms with Crippen LogP contribution < -0.4 is 5.32 Å². The van der Waals surface area contributed by atoms with Crippen molar-refractivity contribution in [3.8, 4) is 0 Å². The summed E-state index contributed by atoms with van der Waals surface area (Å²) in [6.45, 7) is 3.42. The van der Waals surface area contributed by atoms with E-state index in [1.54, 1.807) is 12.4 Å². The van der Waals surface area contributed by atoms with Crippen LogP contribution in [0.1, 0.15) is 12.8 Å². The smallest absolute Gasteiger partial charge is 0.238 e. The number of pyridine rings is 1. The maximum absolute atomic E-state index is 12.0. The molecule has 6 heteroatoms. The van der Waals surface area contributed by atoms with E-state index in [1.165, 1.54) is 0 Å². The molecule has 3 rings (SSSR count). The number of nitrogens with one attached hydrogen (secondary N) is 1. The minimum Gasteiger partial charge on any atom is -0.337 e. The lowest BCUT2D eigenvalue weighted by atomic mass is 9.97. The van der Waals surface area contributed by atoms with E-state index >= 15 is 0 Å². The average molecular weight is 299 g/mol. The van der Waals surface area contributed by atoms with E-state index in [2.05, 4.69) is 24.8 Å². The Morgan fingerprint density at radius 1 is 1.27 bits per heavy atom. The van der Waals surface area contributed by atoms with Gasteiger partial charge in [0, 0.05) is 25.1 Å². The van der Waals surface area contributed by atoms with Crippen LogP contribution in [0.3, 0.4) is 0 Å². The zero-order chi connectivity index (χ0) is 15.2. The number of imidazole rings is 1. The van der Waals surface area contributed by atoms with Crippen molar-refractivity contribution in [2.45, 2.75) is 19.4 Å². The topological polar surface area (TPSA) is 63.1 Å². The Labute approximate surface area is 130 Å². The van der Waals surface area contributed by atoms with Gasteiger partial charge in [0.05, 0.1) is 24.8 Å². The van der Waals surface area contributed by atoms with Crippen molar-refractivity contribution in [2.24, 2.45) is 5.92 Å². The van der Waals surface area contributed by atoms with E-state index in [0.717, 1.165) is 38.2 Å². The molecule has 1 fully saturated rings. The highest BCUT2D eigenvalue weighted by molar-refractivity contribution is 5.92. The molecule has 0 bridgehead atoms. The summed E-state index contributed by atoms with van der Waals surface area (Å²) in [4.78, 5) is 22.3. The van der Waals surface area contributed by atoms with E-state index in [9.17, 15) is 4.79 Å². The zero-order valence-electron chi connectivity index (χ0n) is 12.6. The maximum atomic E-state index is 12.0. The van der Waals surface area contributed by atoms with E-state index in [0.29, 0.717) is 12.5 Å². The summed E-state index contributed by atoms with van der Waals surface area (Å²) in [5, 5.41) is 2.88. The van der Waals surface area contributed by atoms with Crippen LogP contribution >= 0.6 is 0 Å². The molecule has 1 aliphatic rings. The highest BCUT2D eigenvalue weighted by atomic mass is 16.2. The van der Waals surface area contributed by atoms with Crippen molar-refractivity contribution in [3.63, 3.8) is 0 Å². The van der Waals surface area contributed by atoms with Crippen molar-refractivity contribution in [1.29, 1.82) is 0 Å². The lowest BCUT2D eigenvalue weighted by Gasteiger charge is -2.31. The first-order valence-corrected chi connectivity index (χ1v) is 7.67. The van der Waals surface area contributed by atoms with E-state index in [4.69, 9.17) is 0 Å². The first-order chi connectivity index (χ1) is 10.8. The number of amides is 1. The van der Waals surface area contributed by atoms with Crippen LogP contribution in [0.25, 0.3) is 0 Å². The number of aromatic nitrogens is 3. The van der Waals surface area contributed by atoms with Gasteiger partial charge in [0.15, 0.2) is 0 Å². The van der Waals surface area contributed by atoms with Gasteiger partial charge in [-0.1, -0.05) is 0 Å². The highest BCUT2D eigenvalue weighted by Crippen LogP contribution is 2.19. The fraction of sp³-hybridized carbons (Fsp3) is 0.438. The second kappa shape index (κ2) is 7.17. The molecule has 6 nitrogen and oxygen atoms in total. The summed E-state index contributed by atoms with van der Waals surface area (Å²) in [5.74, 6) is 0.702. The SMILES string of the molecule is O=C(CN1CCC(Cn2ccnc2)CC1)Nc1cccnc1. The van der Waals surface area contributed by atoms with Crippen LogP contribution in [0, 0.1) is 5.92 Å². The molecule has 2 aromatic heterocycles. The van der Waals surface area contributed by atoms with Crippen molar-refractivity contribution in [3.05, 3.63) is 43.2 Å². The van der Waals surface area contributed by atoms with Crippen LogP contribution in [-0.2, 0) is 11.3 Å². The molecule has 0 radical (unpaired) electrons. The van der Waals surface area contributed by atoms with Gasteiger partial charge in [0.25, 0.3) is 0 Å². The van der Waals surface area contributed by atoms with Crippen molar-refractivity contribution in [2.75, 3.05) is 25.0 Å². The quantitative estimate of drug-likeness (QED) is 0.911. The number of nitrogens with zero attached hydrogens (tertiary/aromatic N) is 4. The van der Waals surface area contributed by atoms with Crippen molar-refractivity contribution < 1.29 is 4.79 Å². The maximum Gasteiger partial charge on any atom is 0.238 e. The highest BCUT2D eigenvalue weighted by Gasteiger charge is 2.21. The summed E-state index contributed by atoms with van der Waals surface area (Å²) in [7, 11) is 0. The van der Waals surface area contributed by atoms with Crippen LogP contribution in [0.5, 0.6) is 0 Å². The van der Waals surface area contributed by atoms with Gasteiger partial charge < -0.3 is 9.88 Å². The minimum atomic E-state index is 0.0288. The monoisotopic (exact) mass is 299 g/mol.